The largest absolute Gasteiger partial charge is 0.488 e. The Hall–Kier alpha value is -1.65. The fourth-order valence-corrected chi connectivity index (χ4v) is 4.32. The van der Waals surface area contributed by atoms with Gasteiger partial charge in [0.15, 0.2) is 9.84 Å². The van der Waals surface area contributed by atoms with Crippen molar-refractivity contribution in [2.75, 3.05) is 11.5 Å². The molecule has 5 nitrogen and oxygen atoms in total. The lowest BCUT2D eigenvalue weighted by Gasteiger charge is -2.28. The second-order valence-electron chi connectivity index (χ2n) is 5.79. The standard InChI is InChI=1S/C15H17NO4S/c17-11-16-15(6-1-2-7-15)12-4-3-5-13(8-12)20-14-9-21(18,19)10-14/h3-5,8,14H,1-2,6-7,9-10H2. The average molecular weight is 307 g/mol. The van der Waals surface area contributed by atoms with Gasteiger partial charge in [0.25, 0.3) is 0 Å². The Morgan fingerprint density at radius 3 is 2.57 bits per heavy atom. The molecule has 1 aliphatic carbocycles. The normalized spacial score (nSPS) is 23.0. The number of benzene rings is 1. The summed E-state index contributed by atoms with van der Waals surface area (Å²) < 4.78 is 28.0. The number of hydrogen-bond acceptors (Lipinski definition) is 5. The summed E-state index contributed by atoms with van der Waals surface area (Å²) in [6.45, 7) is 0. The van der Waals surface area contributed by atoms with Crippen LogP contribution in [0.2, 0.25) is 0 Å². The zero-order chi connectivity index (χ0) is 14.9. The van der Waals surface area contributed by atoms with Crippen LogP contribution in [0, 0.1) is 0 Å². The molecular formula is C15H17NO4S. The molecule has 1 aliphatic heterocycles. The van der Waals surface area contributed by atoms with Crippen molar-refractivity contribution >= 4 is 15.9 Å². The van der Waals surface area contributed by atoms with E-state index in [1.165, 1.54) is 0 Å². The molecule has 0 bridgehead atoms. The monoisotopic (exact) mass is 307 g/mol. The highest BCUT2D eigenvalue weighted by Gasteiger charge is 2.37. The van der Waals surface area contributed by atoms with E-state index in [2.05, 4.69) is 4.99 Å². The van der Waals surface area contributed by atoms with Crippen LogP contribution in [0.25, 0.3) is 0 Å². The van der Waals surface area contributed by atoms with Gasteiger partial charge in [-0.05, 0) is 30.5 Å². The lowest BCUT2D eigenvalue weighted by Crippen LogP contribution is -2.45. The highest BCUT2D eigenvalue weighted by atomic mass is 32.2. The van der Waals surface area contributed by atoms with Gasteiger partial charge in [-0.15, -0.1) is 0 Å². The van der Waals surface area contributed by atoms with Gasteiger partial charge >= 0.3 is 0 Å². The predicted molar refractivity (Wildman–Crippen MR) is 77.8 cm³/mol. The number of aliphatic imine (C=N–C) groups is 1. The molecule has 0 atom stereocenters. The summed E-state index contributed by atoms with van der Waals surface area (Å²) in [5.41, 5.74) is 0.468. The van der Waals surface area contributed by atoms with Crippen LogP contribution in [-0.4, -0.2) is 32.1 Å². The first-order valence-corrected chi connectivity index (χ1v) is 8.92. The molecule has 2 fully saturated rings. The Morgan fingerprint density at radius 2 is 1.95 bits per heavy atom. The number of isocyanates is 1. The average Bonchev–Trinajstić information content (AvgIpc) is 2.87. The summed E-state index contributed by atoms with van der Waals surface area (Å²) in [5, 5.41) is 0. The molecule has 6 heteroatoms. The Bertz CT molecular complexity index is 673. The van der Waals surface area contributed by atoms with Crippen LogP contribution in [0.4, 0.5) is 0 Å². The van der Waals surface area contributed by atoms with Crippen molar-refractivity contribution in [3.63, 3.8) is 0 Å². The molecule has 0 radical (unpaired) electrons. The van der Waals surface area contributed by atoms with Crippen molar-refractivity contribution in [3.8, 4) is 5.75 Å². The number of nitrogens with zero attached hydrogens (tertiary/aromatic N) is 1. The van der Waals surface area contributed by atoms with Crippen molar-refractivity contribution < 1.29 is 17.9 Å². The van der Waals surface area contributed by atoms with Gasteiger partial charge in [-0.1, -0.05) is 25.0 Å². The second-order valence-corrected chi connectivity index (χ2v) is 7.94. The van der Waals surface area contributed by atoms with Crippen molar-refractivity contribution in [2.45, 2.75) is 37.3 Å². The smallest absolute Gasteiger partial charge is 0.235 e. The first kappa shape index (κ1) is 14.3. The van der Waals surface area contributed by atoms with Crippen molar-refractivity contribution in [1.82, 2.24) is 0 Å². The third kappa shape index (κ3) is 2.87. The maximum Gasteiger partial charge on any atom is 0.235 e. The molecule has 1 aromatic carbocycles. The van der Waals surface area contributed by atoms with E-state index in [9.17, 15) is 13.2 Å². The van der Waals surface area contributed by atoms with E-state index in [-0.39, 0.29) is 17.6 Å². The molecule has 3 rings (SSSR count). The minimum atomic E-state index is -2.89. The molecule has 21 heavy (non-hydrogen) atoms. The zero-order valence-electron chi connectivity index (χ0n) is 11.6. The van der Waals surface area contributed by atoms with Gasteiger partial charge in [0.1, 0.15) is 11.9 Å². The van der Waals surface area contributed by atoms with Gasteiger partial charge < -0.3 is 4.74 Å². The summed E-state index contributed by atoms with van der Waals surface area (Å²) >= 11 is 0. The molecule has 0 unspecified atom stereocenters. The third-order valence-corrected chi connectivity index (χ3v) is 6.00. The van der Waals surface area contributed by atoms with Gasteiger partial charge in [0.05, 0.1) is 17.0 Å². The van der Waals surface area contributed by atoms with Gasteiger partial charge in [-0.25, -0.2) is 13.2 Å². The van der Waals surface area contributed by atoms with E-state index in [0.717, 1.165) is 31.2 Å². The molecule has 0 aromatic heterocycles. The van der Waals surface area contributed by atoms with Crippen LogP contribution < -0.4 is 4.74 Å². The Balaban J connectivity index is 1.81. The van der Waals surface area contributed by atoms with Crippen LogP contribution in [0.1, 0.15) is 31.2 Å². The Labute approximate surface area is 124 Å². The van der Waals surface area contributed by atoms with E-state index >= 15 is 0 Å². The van der Waals surface area contributed by atoms with Crippen LogP contribution in [0.5, 0.6) is 5.75 Å². The lowest BCUT2D eigenvalue weighted by molar-refractivity contribution is 0.229. The van der Waals surface area contributed by atoms with Gasteiger partial charge in [-0.2, -0.15) is 4.99 Å². The van der Waals surface area contributed by atoms with Crippen LogP contribution >= 0.6 is 0 Å². The van der Waals surface area contributed by atoms with E-state index in [0.29, 0.717) is 5.75 Å². The molecular weight excluding hydrogens is 290 g/mol. The summed E-state index contributed by atoms with van der Waals surface area (Å²) in [7, 11) is -2.89. The first-order chi connectivity index (χ1) is 10.0. The number of sulfone groups is 1. The third-order valence-electron chi connectivity index (χ3n) is 4.24. The summed E-state index contributed by atoms with van der Waals surface area (Å²) in [6, 6.07) is 7.48. The van der Waals surface area contributed by atoms with E-state index in [1.807, 2.05) is 24.3 Å². The van der Waals surface area contributed by atoms with Gasteiger partial charge in [-0.3, -0.25) is 0 Å². The SMILES string of the molecule is O=C=NC1(c2cccc(OC3CS(=O)(=O)C3)c2)CCCC1. The Kier molecular flexibility index (Phi) is 3.59. The fraction of sp³-hybridized carbons (Fsp3) is 0.533. The topological polar surface area (TPSA) is 72.8 Å². The van der Waals surface area contributed by atoms with Crippen molar-refractivity contribution in [3.05, 3.63) is 29.8 Å². The molecule has 112 valence electrons. The van der Waals surface area contributed by atoms with Gasteiger partial charge in [0.2, 0.25) is 6.08 Å². The number of ether oxygens (including phenoxy) is 1. The lowest BCUT2D eigenvalue weighted by atomic mass is 9.89. The molecule has 0 N–H and O–H groups in total. The van der Waals surface area contributed by atoms with E-state index in [1.54, 1.807) is 6.08 Å². The van der Waals surface area contributed by atoms with Gasteiger partial charge in [0, 0.05) is 0 Å². The van der Waals surface area contributed by atoms with Crippen molar-refractivity contribution in [1.29, 1.82) is 0 Å². The number of carbonyl (C=O) groups excluding carboxylic acids is 1. The quantitative estimate of drug-likeness (QED) is 0.629. The molecule has 0 amide bonds. The van der Waals surface area contributed by atoms with E-state index in [4.69, 9.17) is 4.74 Å². The molecule has 1 saturated carbocycles. The summed E-state index contributed by atoms with van der Waals surface area (Å²) in [4.78, 5) is 14.8. The minimum absolute atomic E-state index is 0.0782. The molecule has 0 spiro atoms. The van der Waals surface area contributed by atoms with E-state index < -0.39 is 15.4 Å². The van der Waals surface area contributed by atoms with Crippen molar-refractivity contribution in [2.24, 2.45) is 4.99 Å². The maximum absolute atomic E-state index is 11.2. The molecule has 1 heterocycles. The predicted octanol–water partition coefficient (Wildman–Crippen LogP) is 1.97. The number of rotatable bonds is 4. The summed E-state index contributed by atoms with van der Waals surface area (Å²) in [6.07, 6.45) is 5.18. The molecule has 1 saturated heterocycles. The highest BCUT2D eigenvalue weighted by molar-refractivity contribution is 7.92. The van der Waals surface area contributed by atoms with Crippen LogP contribution in [0.15, 0.2) is 29.3 Å². The fourth-order valence-electron chi connectivity index (χ4n) is 3.15. The molecule has 1 aromatic rings. The first-order valence-electron chi connectivity index (χ1n) is 7.10. The second kappa shape index (κ2) is 5.28. The zero-order valence-corrected chi connectivity index (χ0v) is 12.4. The van der Waals surface area contributed by atoms with Crippen LogP contribution in [0.3, 0.4) is 0 Å². The van der Waals surface area contributed by atoms with Crippen LogP contribution in [-0.2, 0) is 20.2 Å². The minimum Gasteiger partial charge on any atom is -0.488 e. The number of hydrogen-bond donors (Lipinski definition) is 0. The Morgan fingerprint density at radius 1 is 1.24 bits per heavy atom. The molecule has 2 aliphatic rings. The maximum atomic E-state index is 11.2. The highest BCUT2D eigenvalue weighted by Crippen LogP contribution is 2.43. The summed E-state index contributed by atoms with van der Waals surface area (Å²) in [5.74, 6) is 0.795.